The van der Waals surface area contributed by atoms with Crippen LogP contribution in [0.25, 0.3) is 0 Å². The van der Waals surface area contributed by atoms with Crippen molar-refractivity contribution in [2.75, 3.05) is 20.8 Å². The number of methoxy groups -OCH3 is 2. The second-order valence-corrected chi connectivity index (χ2v) is 7.03. The van der Waals surface area contributed by atoms with Crippen molar-refractivity contribution in [1.82, 2.24) is 0 Å². The van der Waals surface area contributed by atoms with Crippen molar-refractivity contribution in [3.63, 3.8) is 0 Å². The molecular weight excluding hydrogens is 242 g/mol. The molecule has 1 saturated carbocycles. The van der Waals surface area contributed by atoms with E-state index in [1.165, 1.54) is 0 Å². The van der Waals surface area contributed by atoms with Crippen molar-refractivity contribution >= 4 is 0 Å². The molecule has 0 aromatic rings. The van der Waals surface area contributed by atoms with Crippen molar-refractivity contribution in [2.24, 2.45) is 16.6 Å². The van der Waals surface area contributed by atoms with Crippen LogP contribution in [0.3, 0.4) is 0 Å². The summed E-state index contributed by atoms with van der Waals surface area (Å²) in [5.74, 6) is 0. The number of nitrogens with two attached hydrogens (primary N) is 1. The summed E-state index contributed by atoms with van der Waals surface area (Å²) in [6, 6.07) is 0. The largest absolute Gasteiger partial charge is 0.389 e. The first kappa shape index (κ1) is 16.9. The van der Waals surface area contributed by atoms with Crippen LogP contribution in [0.1, 0.15) is 52.9 Å². The van der Waals surface area contributed by atoms with Crippen molar-refractivity contribution in [3.05, 3.63) is 0 Å². The van der Waals surface area contributed by atoms with Crippen molar-refractivity contribution in [3.8, 4) is 0 Å². The molecule has 0 bridgehead atoms. The van der Waals surface area contributed by atoms with Gasteiger partial charge in [0.1, 0.15) is 0 Å². The van der Waals surface area contributed by atoms with Gasteiger partial charge in [-0.2, -0.15) is 0 Å². The zero-order valence-electron chi connectivity index (χ0n) is 13.2. The minimum absolute atomic E-state index is 0.224. The third kappa shape index (κ3) is 3.69. The molecule has 1 aliphatic carbocycles. The van der Waals surface area contributed by atoms with E-state index in [1.807, 2.05) is 6.92 Å². The number of ether oxygens (including phenoxy) is 2. The second-order valence-electron chi connectivity index (χ2n) is 7.03. The summed E-state index contributed by atoms with van der Waals surface area (Å²) in [7, 11) is 3.20. The first-order valence-corrected chi connectivity index (χ1v) is 7.20. The Morgan fingerprint density at radius 2 is 1.63 bits per heavy atom. The van der Waals surface area contributed by atoms with E-state index in [0.717, 1.165) is 25.7 Å². The molecule has 1 atom stereocenters. The second kappa shape index (κ2) is 6.08. The molecule has 0 heterocycles. The SMILES string of the molecule is COC(CC(C)(O)C1(CN)CCC(C)(C)CC1)OC. The van der Waals surface area contributed by atoms with Crippen LogP contribution < -0.4 is 5.73 Å². The Morgan fingerprint density at radius 3 is 2.00 bits per heavy atom. The molecular formula is C15H31NO3. The summed E-state index contributed by atoms with van der Waals surface area (Å²) >= 11 is 0. The molecule has 0 aromatic carbocycles. The van der Waals surface area contributed by atoms with Crippen molar-refractivity contribution < 1.29 is 14.6 Å². The van der Waals surface area contributed by atoms with E-state index in [0.29, 0.717) is 18.4 Å². The highest BCUT2D eigenvalue weighted by Crippen LogP contribution is 2.51. The molecule has 0 saturated heterocycles. The molecule has 0 aromatic heterocycles. The van der Waals surface area contributed by atoms with Crippen LogP contribution in [0.4, 0.5) is 0 Å². The van der Waals surface area contributed by atoms with Gasteiger partial charge in [-0.25, -0.2) is 0 Å². The molecule has 19 heavy (non-hydrogen) atoms. The molecule has 4 heteroatoms. The quantitative estimate of drug-likeness (QED) is 0.729. The highest BCUT2D eigenvalue weighted by Gasteiger charge is 2.50. The average molecular weight is 273 g/mol. The Morgan fingerprint density at radius 1 is 1.16 bits per heavy atom. The van der Waals surface area contributed by atoms with Crippen LogP contribution in [-0.4, -0.2) is 37.8 Å². The van der Waals surface area contributed by atoms with E-state index < -0.39 is 5.60 Å². The standard InChI is InChI=1S/C15H31NO3/c1-13(2)6-8-15(11-16,9-7-13)14(3,17)10-12(18-4)19-5/h12,17H,6-11,16H2,1-5H3. The Bertz CT molecular complexity index is 275. The third-order valence-electron chi connectivity index (χ3n) is 5.18. The highest BCUT2D eigenvalue weighted by atomic mass is 16.7. The van der Waals surface area contributed by atoms with Crippen molar-refractivity contribution in [2.45, 2.75) is 64.8 Å². The Kier molecular flexibility index (Phi) is 5.41. The molecule has 4 nitrogen and oxygen atoms in total. The molecule has 3 N–H and O–H groups in total. The Labute approximate surface area is 117 Å². The van der Waals surface area contributed by atoms with Gasteiger partial charge in [0.2, 0.25) is 0 Å². The van der Waals surface area contributed by atoms with Crippen LogP contribution in [0.5, 0.6) is 0 Å². The van der Waals surface area contributed by atoms with E-state index in [1.54, 1.807) is 14.2 Å². The average Bonchev–Trinajstić information content (AvgIpc) is 2.36. The van der Waals surface area contributed by atoms with Gasteiger partial charge < -0.3 is 20.3 Å². The number of hydrogen-bond acceptors (Lipinski definition) is 4. The first-order valence-electron chi connectivity index (χ1n) is 7.20. The maximum Gasteiger partial charge on any atom is 0.159 e. The molecule has 0 aliphatic heterocycles. The normalized spacial score (nSPS) is 25.3. The Balaban J connectivity index is 2.83. The lowest BCUT2D eigenvalue weighted by molar-refractivity contribution is -0.179. The van der Waals surface area contributed by atoms with Gasteiger partial charge in [-0.15, -0.1) is 0 Å². The van der Waals surface area contributed by atoms with E-state index in [-0.39, 0.29) is 11.7 Å². The lowest BCUT2D eigenvalue weighted by Gasteiger charge is -2.51. The van der Waals surface area contributed by atoms with Gasteiger partial charge >= 0.3 is 0 Å². The van der Waals surface area contributed by atoms with E-state index >= 15 is 0 Å². The van der Waals surface area contributed by atoms with E-state index in [4.69, 9.17) is 15.2 Å². The molecule has 1 unspecified atom stereocenters. The van der Waals surface area contributed by atoms with Gasteiger partial charge in [-0.3, -0.25) is 0 Å². The van der Waals surface area contributed by atoms with E-state index in [9.17, 15) is 5.11 Å². The summed E-state index contributed by atoms with van der Waals surface area (Å²) in [4.78, 5) is 0. The summed E-state index contributed by atoms with van der Waals surface area (Å²) < 4.78 is 10.5. The zero-order chi connectivity index (χ0) is 14.7. The topological polar surface area (TPSA) is 64.7 Å². The number of rotatable bonds is 6. The maximum absolute atomic E-state index is 11.0. The molecule has 0 spiro atoms. The lowest BCUT2D eigenvalue weighted by atomic mass is 9.58. The first-order chi connectivity index (χ1) is 8.72. The molecule has 0 radical (unpaired) electrons. The van der Waals surface area contributed by atoms with Gasteiger partial charge in [-0.1, -0.05) is 13.8 Å². The fourth-order valence-electron chi connectivity index (χ4n) is 3.17. The van der Waals surface area contributed by atoms with Gasteiger partial charge in [0, 0.05) is 32.6 Å². The summed E-state index contributed by atoms with van der Waals surface area (Å²) in [5.41, 5.74) is 5.30. The van der Waals surface area contributed by atoms with Crippen LogP contribution in [-0.2, 0) is 9.47 Å². The fraction of sp³-hybridized carbons (Fsp3) is 1.00. The maximum atomic E-state index is 11.0. The van der Waals surface area contributed by atoms with Crippen LogP contribution in [0, 0.1) is 10.8 Å². The van der Waals surface area contributed by atoms with Gasteiger partial charge in [0.05, 0.1) is 5.60 Å². The summed E-state index contributed by atoms with van der Waals surface area (Å²) in [5, 5.41) is 11.0. The Hall–Kier alpha value is -0.160. The summed E-state index contributed by atoms with van der Waals surface area (Å²) in [6.07, 6.45) is 4.20. The molecule has 1 rings (SSSR count). The van der Waals surface area contributed by atoms with Crippen molar-refractivity contribution in [1.29, 1.82) is 0 Å². The smallest absolute Gasteiger partial charge is 0.159 e. The van der Waals surface area contributed by atoms with Gasteiger partial charge in [0.15, 0.2) is 6.29 Å². The van der Waals surface area contributed by atoms with Crippen LogP contribution >= 0.6 is 0 Å². The number of aliphatic hydroxyl groups is 1. The van der Waals surface area contributed by atoms with Gasteiger partial charge in [-0.05, 0) is 38.0 Å². The van der Waals surface area contributed by atoms with Crippen LogP contribution in [0.2, 0.25) is 0 Å². The third-order valence-corrected chi connectivity index (χ3v) is 5.18. The minimum atomic E-state index is -0.866. The van der Waals surface area contributed by atoms with Gasteiger partial charge in [0.25, 0.3) is 0 Å². The lowest BCUT2D eigenvalue weighted by Crippen LogP contribution is -2.55. The molecule has 0 amide bonds. The molecule has 114 valence electrons. The monoisotopic (exact) mass is 273 g/mol. The summed E-state index contributed by atoms with van der Waals surface area (Å²) in [6.45, 7) is 6.96. The molecule has 1 fully saturated rings. The zero-order valence-corrected chi connectivity index (χ0v) is 13.2. The predicted molar refractivity (Wildman–Crippen MR) is 76.8 cm³/mol. The highest BCUT2D eigenvalue weighted by molar-refractivity contribution is 5.01. The predicted octanol–water partition coefficient (Wildman–Crippen LogP) is 2.29. The number of hydrogen-bond donors (Lipinski definition) is 2. The fourth-order valence-corrected chi connectivity index (χ4v) is 3.17. The molecule has 1 aliphatic rings. The minimum Gasteiger partial charge on any atom is -0.389 e. The van der Waals surface area contributed by atoms with E-state index in [2.05, 4.69) is 13.8 Å². The van der Waals surface area contributed by atoms with Crippen LogP contribution in [0.15, 0.2) is 0 Å².